The molecule has 0 unspecified atom stereocenters. The number of nitrogens with zero attached hydrogens (tertiary/aromatic N) is 1. The molecule has 0 bridgehead atoms. The molecular formula is C17H14FNO2. The predicted molar refractivity (Wildman–Crippen MR) is 79.3 cm³/mol. The van der Waals surface area contributed by atoms with Gasteiger partial charge in [-0.15, -0.1) is 0 Å². The first kappa shape index (κ1) is 13.4. The zero-order valence-corrected chi connectivity index (χ0v) is 11.5. The fourth-order valence-corrected chi connectivity index (χ4v) is 2.44. The largest absolute Gasteiger partial charge is 0.491 e. The summed E-state index contributed by atoms with van der Waals surface area (Å²) < 4.78 is 21.0. The lowest BCUT2D eigenvalue weighted by atomic mass is 10.1. The molecule has 0 N–H and O–H groups in total. The number of aldehydes is 1. The van der Waals surface area contributed by atoms with E-state index in [1.807, 2.05) is 30.5 Å². The molecule has 0 aliphatic heterocycles. The highest BCUT2D eigenvalue weighted by Crippen LogP contribution is 2.30. The van der Waals surface area contributed by atoms with Gasteiger partial charge in [-0.25, -0.2) is 4.39 Å². The van der Waals surface area contributed by atoms with Crippen LogP contribution >= 0.6 is 0 Å². The van der Waals surface area contributed by atoms with Crippen molar-refractivity contribution >= 4 is 11.8 Å². The van der Waals surface area contributed by atoms with Gasteiger partial charge in [0.25, 0.3) is 0 Å². The average Bonchev–Trinajstić information content (AvgIpc) is 2.88. The second-order valence-electron chi connectivity index (χ2n) is 4.63. The summed E-state index contributed by atoms with van der Waals surface area (Å²) in [5.41, 5.74) is 2.76. The third kappa shape index (κ3) is 2.29. The lowest BCUT2D eigenvalue weighted by molar-refractivity contribution is 0.111. The molecule has 3 nitrogen and oxygen atoms in total. The van der Waals surface area contributed by atoms with Gasteiger partial charge in [-0.1, -0.05) is 12.1 Å². The Bertz CT molecular complexity index is 808. The van der Waals surface area contributed by atoms with Crippen molar-refractivity contribution in [1.82, 2.24) is 4.40 Å². The van der Waals surface area contributed by atoms with E-state index in [9.17, 15) is 9.18 Å². The monoisotopic (exact) mass is 283 g/mol. The van der Waals surface area contributed by atoms with Crippen molar-refractivity contribution in [1.29, 1.82) is 0 Å². The summed E-state index contributed by atoms with van der Waals surface area (Å²) in [4.78, 5) is 11.4. The molecule has 0 atom stereocenters. The Balaban J connectivity index is 2.16. The Hall–Kier alpha value is -2.62. The van der Waals surface area contributed by atoms with Crippen LogP contribution < -0.4 is 4.74 Å². The number of fused-ring (bicyclic) bond motifs is 1. The first-order valence-electron chi connectivity index (χ1n) is 6.72. The lowest BCUT2D eigenvalue weighted by Crippen LogP contribution is -1.95. The standard InChI is InChI=1S/C17H14FNO2/c1-2-21-17-7-6-12(9-15(17)18)14-10-13-5-3-4-8-19(13)16(14)11-20/h3-11H,2H2,1H3. The normalized spacial score (nSPS) is 10.8. The van der Waals surface area contributed by atoms with Gasteiger partial charge in [-0.2, -0.15) is 0 Å². The van der Waals surface area contributed by atoms with Crippen LogP contribution in [0.3, 0.4) is 0 Å². The molecule has 0 fully saturated rings. The first-order valence-corrected chi connectivity index (χ1v) is 6.72. The molecule has 0 spiro atoms. The lowest BCUT2D eigenvalue weighted by Gasteiger charge is -2.06. The highest BCUT2D eigenvalue weighted by Gasteiger charge is 2.13. The van der Waals surface area contributed by atoms with Crippen molar-refractivity contribution in [2.75, 3.05) is 6.61 Å². The van der Waals surface area contributed by atoms with Crippen LogP contribution in [-0.2, 0) is 0 Å². The van der Waals surface area contributed by atoms with E-state index in [4.69, 9.17) is 4.74 Å². The van der Waals surface area contributed by atoms with Gasteiger partial charge in [-0.05, 0) is 42.8 Å². The Labute approximate surface area is 121 Å². The van der Waals surface area contributed by atoms with Gasteiger partial charge < -0.3 is 9.14 Å². The maximum absolute atomic E-state index is 14.0. The van der Waals surface area contributed by atoms with E-state index in [1.165, 1.54) is 6.07 Å². The third-order valence-electron chi connectivity index (χ3n) is 3.37. The molecule has 0 saturated heterocycles. The molecule has 4 heteroatoms. The van der Waals surface area contributed by atoms with E-state index in [-0.39, 0.29) is 5.75 Å². The zero-order valence-electron chi connectivity index (χ0n) is 11.5. The Morgan fingerprint density at radius 1 is 1.24 bits per heavy atom. The minimum atomic E-state index is -0.429. The number of ether oxygens (including phenoxy) is 1. The molecule has 1 aromatic carbocycles. The van der Waals surface area contributed by atoms with E-state index in [1.54, 1.807) is 23.5 Å². The molecule has 21 heavy (non-hydrogen) atoms. The van der Waals surface area contributed by atoms with Gasteiger partial charge in [0, 0.05) is 17.3 Å². The highest BCUT2D eigenvalue weighted by atomic mass is 19.1. The van der Waals surface area contributed by atoms with E-state index >= 15 is 0 Å². The SMILES string of the molecule is CCOc1ccc(-c2cc3ccccn3c2C=O)cc1F. The number of pyridine rings is 1. The van der Waals surface area contributed by atoms with Gasteiger partial charge in [0.2, 0.25) is 0 Å². The van der Waals surface area contributed by atoms with Crippen LogP contribution in [0.2, 0.25) is 0 Å². The summed E-state index contributed by atoms with van der Waals surface area (Å²) in [6.45, 7) is 2.21. The Kier molecular flexibility index (Phi) is 3.44. The maximum atomic E-state index is 14.0. The molecule has 0 aliphatic carbocycles. The summed E-state index contributed by atoms with van der Waals surface area (Å²) in [7, 11) is 0. The van der Waals surface area contributed by atoms with Crippen molar-refractivity contribution < 1.29 is 13.9 Å². The van der Waals surface area contributed by atoms with Crippen molar-refractivity contribution in [2.24, 2.45) is 0 Å². The summed E-state index contributed by atoms with van der Waals surface area (Å²) in [6.07, 6.45) is 2.60. The van der Waals surface area contributed by atoms with Crippen LogP contribution in [0.15, 0.2) is 48.7 Å². The van der Waals surface area contributed by atoms with Crippen LogP contribution in [0.4, 0.5) is 4.39 Å². The molecular weight excluding hydrogens is 269 g/mol. The minimum absolute atomic E-state index is 0.220. The number of halogens is 1. The molecule has 3 aromatic rings. The molecule has 2 heterocycles. The molecule has 0 saturated carbocycles. The van der Waals surface area contributed by atoms with Gasteiger partial charge in [-0.3, -0.25) is 4.79 Å². The maximum Gasteiger partial charge on any atom is 0.167 e. The van der Waals surface area contributed by atoms with Crippen molar-refractivity contribution in [3.05, 3.63) is 60.2 Å². The van der Waals surface area contributed by atoms with Gasteiger partial charge in [0.15, 0.2) is 17.9 Å². The Morgan fingerprint density at radius 3 is 2.81 bits per heavy atom. The number of aromatic nitrogens is 1. The number of carbonyl (C=O) groups is 1. The smallest absolute Gasteiger partial charge is 0.167 e. The number of benzene rings is 1. The molecule has 0 amide bonds. The highest BCUT2D eigenvalue weighted by molar-refractivity contribution is 5.89. The average molecular weight is 283 g/mol. The molecule has 0 aliphatic rings. The summed E-state index contributed by atoms with van der Waals surface area (Å²) in [5, 5.41) is 0. The third-order valence-corrected chi connectivity index (χ3v) is 3.37. The van der Waals surface area contributed by atoms with Gasteiger partial charge >= 0.3 is 0 Å². The topological polar surface area (TPSA) is 30.7 Å². The van der Waals surface area contributed by atoms with Gasteiger partial charge in [0.1, 0.15) is 0 Å². The second kappa shape index (κ2) is 5.40. The van der Waals surface area contributed by atoms with E-state index in [0.717, 1.165) is 11.8 Å². The quantitative estimate of drug-likeness (QED) is 0.679. The van der Waals surface area contributed by atoms with Crippen molar-refractivity contribution in [3.8, 4) is 16.9 Å². The zero-order chi connectivity index (χ0) is 14.8. The molecule has 3 rings (SSSR count). The predicted octanol–water partition coefficient (Wildman–Crippen LogP) is 3.96. The molecule has 2 aromatic heterocycles. The van der Waals surface area contributed by atoms with Crippen LogP contribution in [-0.4, -0.2) is 17.3 Å². The van der Waals surface area contributed by atoms with Crippen LogP contribution in [0, 0.1) is 5.82 Å². The van der Waals surface area contributed by atoms with Crippen LogP contribution in [0.5, 0.6) is 5.75 Å². The fraction of sp³-hybridized carbons (Fsp3) is 0.118. The number of hydrogen-bond donors (Lipinski definition) is 0. The van der Waals surface area contributed by atoms with E-state index < -0.39 is 5.82 Å². The number of hydrogen-bond acceptors (Lipinski definition) is 2. The number of rotatable bonds is 4. The fourth-order valence-electron chi connectivity index (χ4n) is 2.44. The van der Waals surface area contributed by atoms with E-state index in [2.05, 4.69) is 0 Å². The second-order valence-corrected chi connectivity index (χ2v) is 4.63. The van der Waals surface area contributed by atoms with Crippen molar-refractivity contribution in [3.63, 3.8) is 0 Å². The molecule has 106 valence electrons. The van der Waals surface area contributed by atoms with E-state index in [0.29, 0.717) is 23.4 Å². The molecule has 0 radical (unpaired) electrons. The summed E-state index contributed by atoms with van der Waals surface area (Å²) in [5.74, 6) is -0.209. The summed E-state index contributed by atoms with van der Waals surface area (Å²) in [6, 6.07) is 12.3. The van der Waals surface area contributed by atoms with Crippen LogP contribution in [0.1, 0.15) is 17.4 Å². The number of carbonyl (C=O) groups excluding carboxylic acids is 1. The first-order chi connectivity index (χ1) is 10.2. The van der Waals surface area contributed by atoms with Crippen LogP contribution in [0.25, 0.3) is 16.6 Å². The minimum Gasteiger partial charge on any atom is -0.491 e. The summed E-state index contributed by atoms with van der Waals surface area (Å²) >= 11 is 0. The van der Waals surface area contributed by atoms with Crippen molar-refractivity contribution in [2.45, 2.75) is 6.92 Å². The van der Waals surface area contributed by atoms with Gasteiger partial charge in [0.05, 0.1) is 12.3 Å². The Morgan fingerprint density at radius 2 is 2.10 bits per heavy atom.